The van der Waals surface area contributed by atoms with Crippen molar-refractivity contribution in [2.45, 2.75) is 52.4 Å². The Labute approximate surface area is 175 Å². The molecule has 4 unspecified atom stereocenters. The summed E-state index contributed by atoms with van der Waals surface area (Å²) < 4.78 is 0. The van der Waals surface area contributed by atoms with E-state index < -0.39 is 0 Å². The predicted octanol–water partition coefficient (Wildman–Crippen LogP) is 2.89. The van der Waals surface area contributed by atoms with Crippen molar-refractivity contribution in [3.63, 3.8) is 0 Å². The molecule has 2 heterocycles. The van der Waals surface area contributed by atoms with Crippen molar-refractivity contribution in [2.75, 3.05) is 10.7 Å². The molecule has 1 amide bonds. The lowest BCUT2D eigenvalue weighted by atomic mass is 9.96. The fourth-order valence-corrected chi connectivity index (χ4v) is 4.35. The number of rotatable bonds is 5. The molecule has 1 aromatic rings. The monoisotopic (exact) mass is 422 g/mol. The maximum absolute atomic E-state index is 12.3. The Balaban J connectivity index is 1.89. The number of benzene rings is 1. The van der Waals surface area contributed by atoms with Crippen LogP contribution in [-0.2, 0) is 4.79 Å². The molecule has 0 aromatic heterocycles. The van der Waals surface area contributed by atoms with Crippen LogP contribution >= 0.6 is 23.4 Å². The van der Waals surface area contributed by atoms with E-state index in [0.717, 1.165) is 17.7 Å². The number of aliphatic imine (C=N–C) groups is 1. The van der Waals surface area contributed by atoms with E-state index in [4.69, 9.17) is 22.0 Å². The molecule has 4 N–H and O–H groups in total. The van der Waals surface area contributed by atoms with Crippen molar-refractivity contribution in [3.8, 4) is 0 Å². The molecule has 0 aliphatic carbocycles. The third-order valence-corrected chi connectivity index (χ3v) is 6.53. The lowest BCUT2D eigenvalue weighted by molar-refractivity contribution is -0.119. The first-order valence-corrected chi connectivity index (χ1v) is 10.8. The van der Waals surface area contributed by atoms with Crippen molar-refractivity contribution in [1.82, 2.24) is 16.2 Å². The number of fused-ring (bicyclic) bond motifs is 1. The molecule has 0 radical (unpaired) electrons. The Kier molecular flexibility index (Phi) is 6.65. The van der Waals surface area contributed by atoms with Gasteiger partial charge in [0.2, 0.25) is 5.91 Å². The first-order chi connectivity index (χ1) is 13.3. The molecule has 3 rings (SSSR count). The van der Waals surface area contributed by atoms with E-state index in [0.29, 0.717) is 16.0 Å². The Bertz CT molecular complexity index is 801. The van der Waals surface area contributed by atoms with E-state index in [9.17, 15) is 4.79 Å². The third-order valence-electron chi connectivity index (χ3n) is 5.17. The molecule has 9 heteroatoms. The van der Waals surface area contributed by atoms with Gasteiger partial charge in [-0.25, -0.2) is 10.4 Å². The molecule has 0 bridgehead atoms. The van der Waals surface area contributed by atoms with Crippen LogP contribution in [0.2, 0.25) is 5.02 Å². The van der Waals surface area contributed by atoms with Gasteiger partial charge >= 0.3 is 0 Å². The van der Waals surface area contributed by atoms with Gasteiger partial charge in [-0.15, -0.1) is 0 Å². The first kappa shape index (κ1) is 21.1. The zero-order valence-electron chi connectivity index (χ0n) is 16.5. The Morgan fingerprint density at radius 3 is 2.93 bits per heavy atom. The number of amidine groups is 2. The topological polar surface area (TPSA) is 92.6 Å². The van der Waals surface area contributed by atoms with Crippen LogP contribution in [0.5, 0.6) is 0 Å². The number of amides is 1. The number of hydrazine groups is 1. The highest BCUT2D eigenvalue weighted by Crippen LogP contribution is 2.35. The standard InChI is InChI=1S/C19H27ClN6OS/c1-5-10(2)22-15(27)9-28-19-23-18-16(12(4)24-25-18)17(21)26(19)14-8-6-7-13(20)11(14)3/h6-8,10,12,16,18,21,24-25H,5,9H2,1-4H3,(H,22,27). The molecule has 4 atom stereocenters. The van der Waals surface area contributed by atoms with E-state index >= 15 is 0 Å². The van der Waals surface area contributed by atoms with Crippen molar-refractivity contribution in [1.29, 1.82) is 5.41 Å². The van der Waals surface area contributed by atoms with Crippen LogP contribution in [0, 0.1) is 18.3 Å². The average Bonchev–Trinajstić information content (AvgIpc) is 3.04. The van der Waals surface area contributed by atoms with E-state index in [2.05, 4.69) is 16.2 Å². The smallest absolute Gasteiger partial charge is 0.230 e. The van der Waals surface area contributed by atoms with Crippen LogP contribution in [0.3, 0.4) is 0 Å². The van der Waals surface area contributed by atoms with Crippen LogP contribution in [0.4, 0.5) is 5.69 Å². The molecule has 2 aliphatic heterocycles. The quantitative estimate of drug-likeness (QED) is 0.585. The molecule has 1 fully saturated rings. The van der Waals surface area contributed by atoms with E-state index in [1.165, 1.54) is 11.8 Å². The lowest BCUT2D eigenvalue weighted by Crippen LogP contribution is -2.50. The minimum absolute atomic E-state index is 0.0376. The summed E-state index contributed by atoms with van der Waals surface area (Å²) in [5, 5.41) is 13.1. The SMILES string of the molecule is CCC(C)NC(=O)CSC1=NC2NNC(C)C2C(=N)N1c1cccc(Cl)c1C. The summed E-state index contributed by atoms with van der Waals surface area (Å²) in [6.07, 6.45) is 0.658. The van der Waals surface area contributed by atoms with Gasteiger partial charge in [-0.3, -0.25) is 20.5 Å². The first-order valence-electron chi connectivity index (χ1n) is 9.48. The van der Waals surface area contributed by atoms with Gasteiger partial charge < -0.3 is 5.32 Å². The number of nitrogens with zero attached hydrogens (tertiary/aromatic N) is 2. The van der Waals surface area contributed by atoms with E-state index in [1.54, 1.807) is 0 Å². The molecule has 152 valence electrons. The average molecular weight is 423 g/mol. The second kappa shape index (κ2) is 8.82. The molecule has 0 spiro atoms. The third kappa shape index (κ3) is 4.20. The van der Waals surface area contributed by atoms with Gasteiger partial charge in [0.05, 0.1) is 17.4 Å². The van der Waals surface area contributed by atoms with Gasteiger partial charge in [-0.05, 0) is 44.9 Å². The van der Waals surface area contributed by atoms with Gasteiger partial charge in [0, 0.05) is 17.1 Å². The summed E-state index contributed by atoms with van der Waals surface area (Å²) in [5.41, 5.74) is 8.03. The highest BCUT2D eigenvalue weighted by molar-refractivity contribution is 8.14. The second-order valence-electron chi connectivity index (χ2n) is 7.23. The number of halogens is 1. The van der Waals surface area contributed by atoms with E-state index in [1.807, 2.05) is 50.8 Å². The Hall–Kier alpha value is -1.61. The number of hydrogen-bond acceptors (Lipinski definition) is 6. The van der Waals surface area contributed by atoms with Gasteiger partial charge in [-0.1, -0.05) is 36.4 Å². The zero-order valence-corrected chi connectivity index (χ0v) is 18.1. The van der Waals surface area contributed by atoms with Gasteiger partial charge in [0.1, 0.15) is 12.0 Å². The largest absolute Gasteiger partial charge is 0.353 e. The highest BCUT2D eigenvalue weighted by atomic mass is 35.5. The highest BCUT2D eigenvalue weighted by Gasteiger charge is 2.44. The van der Waals surface area contributed by atoms with Crippen LogP contribution in [-0.4, -0.2) is 40.9 Å². The van der Waals surface area contributed by atoms with Crippen LogP contribution in [0.15, 0.2) is 23.2 Å². The molecule has 28 heavy (non-hydrogen) atoms. The van der Waals surface area contributed by atoms with Crippen molar-refractivity contribution in [2.24, 2.45) is 10.9 Å². The van der Waals surface area contributed by atoms with Crippen molar-refractivity contribution in [3.05, 3.63) is 28.8 Å². The zero-order chi connectivity index (χ0) is 20.4. The van der Waals surface area contributed by atoms with Crippen LogP contribution < -0.4 is 21.1 Å². The molecule has 0 saturated carbocycles. The number of nitrogens with one attached hydrogen (secondary N) is 4. The maximum Gasteiger partial charge on any atom is 0.230 e. The molecular weight excluding hydrogens is 396 g/mol. The molecule has 7 nitrogen and oxygen atoms in total. The van der Waals surface area contributed by atoms with Crippen LogP contribution in [0.25, 0.3) is 0 Å². The number of carbonyl (C=O) groups is 1. The fourth-order valence-electron chi connectivity index (χ4n) is 3.32. The summed E-state index contributed by atoms with van der Waals surface area (Å²) in [4.78, 5) is 18.9. The van der Waals surface area contributed by atoms with Gasteiger partial charge in [0.15, 0.2) is 5.17 Å². The summed E-state index contributed by atoms with van der Waals surface area (Å²) in [6, 6.07) is 5.85. The predicted molar refractivity (Wildman–Crippen MR) is 117 cm³/mol. The van der Waals surface area contributed by atoms with Crippen molar-refractivity contribution < 1.29 is 4.79 Å². The number of carbonyl (C=O) groups excluding carboxylic acids is 1. The Morgan fingerprint density at radius 1 is 1.46 bits per heavy atom. The maximum atomic E-state index is 12.3. The van der Waals surface area contributed by atoms with Crippen LogP contribution in [0.1, 0.15) is 32.8 Å². The minimum Gasteiger partial charge on any atom is -0.353 e. The molecular formula is C19H27ClN6OS. The minimum atomic E-state index is -0.224. The molecule has 1 saturated heterocycles. The van der Waals surface area contributed by atoms with Gasteiger partial charge in [-0.2, -0.15) is 0 Å². The van der Waals surface area contributed by atoms with Gasteiger partial charge in [0.25, 0.3) is 0 Å². The Morgan fingerprint density at radius 2 is 2.21 bits per heavy atom. The second-order valence-corrected chi connectivity index (χ2v) is 8.58. The number of anilines is 1. The van der Waals surface area contributed by atoms with E-state index in [-0.39, 0.29) is 35.8 Å². The summed E-state index contributed by atoms with van der Waals surface area (Å²) >= 11 is 7.68. The fraction of sp³-hybridized carbons (Fsp3) is 0.526. The summed E-state index contributed by atoms with van der Waals surface area (Å²) in [7, 11) is 0. The number of thioether (sulfide) groups is 1. The van der Waals surface area contributed by atoms with Crippen molar-refractivity contribution >= 4 is 46.0 Å². The molecule has 1 aromatic carbocycles. The normalized spacial score (nSPS) is 25.3. The summed E-state index contributed by atoms with van der Waals surface area (Å²) in [5.74, 6) is 0.550. The molecule has 2 aliphatic rings. The summed E-state index contributed by atoms with van der Waals surface area (Å²) in [6.45, 7) is 7.98. The number of hydrogen-bond donors (Lipinski definition) is 4. The lowest BCUT2D eigenvalue weighted by Gasteiger charge is -2.36.